The van der Waals surface area contributed by atoms with Crippen LogP contribution in [0.3, 0.4) is 0 Å². The lowest BCUT2D eigenvalue weighted by Gasteiger charge is -2.03. The number of allylic oxidation sites excluding steroid dienone is 5. The van der Waals surface area contributed by atoms with E-state index in [2.05, 4.69) is 57.2 Å². The molecular weight excluding hydrogens is 1410 g/mol. The SMILES string of the molecule is CCCCCCCCC=COP(=O)(O)O.CCCCCCCCCCC=COP(=O)(O)O.CCCCCCCCCCCCC=COP(=O)(O)O.CCCCCCCCCCCCCCC=COP(=O)(O)O.CCCCCCCCCCCCCCCCC=COP(=O)(O)O.O=P(O)(O)O. The van der Waals surface area contributed by atoms with Crippen LogP contribution in [0.4, 0.5) is 0 Å². The summed E-state index contributed by atoms with van der Waals surface area (Å²) in [5.41, 5.74) is 0. The highest BCUT2D eigenvalue weighted by atomic mass is 31.2. The second-order valence-electron chi connectivity index (χ2n) is 25.2. The number of unbranched alkanes of at least 4 members (excludes halogenated alkanes) is 50. The molecule has 0 rings (SSSR count). The van der Waals surface area contributed by atoms with Crippen molar-refractivity contribution in [3.8, 4) is 0 Å². The van der Waals surface area contributed by atoms with Crippen LogP contribution in [-0.4, -0.2) is 63.6 Å². The Balaban J connectivity index is -0.000000273. The van der Waals surface area contributed by atoms with E-state index in [-0.39, 0.29) is 0 Å². The molecule has 602 valence electrons. The Morgan fingerprint density at radius 1 is 0.180 bits per heavy atom. The van der Waals surface area contributed by atoms with Gasteiger partial charge in [0.05, 0.1) is 31.3 Å². The third kappa shape index (κ3) is 143. The standard InChI is InChI=1S/C18H37O4P.C16H33O4P.C14H29O4P.C12H25O4P.C10H21O4P.H3O4P/c1-2-3-4-5-6-7-8-9-10-11-12-13-14-15-16-17-18-22-23(19,20)21;1-2-3-4-5-6-7-8-9-10-11-12-13-14-15-16-20-21(17,18)19;1-2-3-4-5-6-7-8-9-10-11-12-13-14-18-19(15,16)17;1-2-3-4-5-6-7-8-9-10-11-12-16-17(13,14)15;1-2-3-4-5-6-7-8-9-10-14-15(11,12)13;1-5(2,3)4/h17-18H,2-16H2,1H3,(H2,19,20,21);15-16H,2-14H2,1H3,(H2,17,18,19);13-14H,2-12H2,1H3,(H2,15,16,17);11-12H,2-10H2,1H3,(H2,13,14,15);9-10H,2-8H2,1H3,(H2,11,12,13);(H3,1,2,3,4). The highest BCUT2D eigenvalue weighted by molar-refractivity contribution is 7.47. The first-order valence-electron chi connectivity index (χ1n) is 38.0. The minimum Gasteiger partial charge on any atom is -0.413 e. The maximum absolute atomic E-state index is 10.4. The van der Waals surface area contributed by atoms with Gasteiger partial charge in [-0.15, -0.1) is 0 Å². The van der Waals surface area contributed by atoms with Crippen LogP contribution in [0.25, 0.3) is 0 Å². The van der Waals surface area contributed by atoms with Crippen LogP contribution in [0.15, 0.2) is 61.7 Å². The van der Waals surface area contributed by atoms with Crippen molar-refractivity contribution in [2.45, 2.75) is 388 Å². The van der Waals surface area contributed by atoms with Gasteiger partial charge in [0.1, 0.15) is 0 Å². The van der Waals surface area contributed by atoms with E-state index in [1.54, 1.807) is 30.4 Å². The second-order valence-corrected chi connectivity index (χ2v) is 32.2. The van der Waals surface area contributed by atoms with E-state index >= 15 is 0 Å². The summed E-state index contributed by atoms with van der Waals surface area (Å²) in [5, 5.41) is 0. The van der Waals surface area contributed by atoms with Crippen molar-refractivity contribution in [2.75, 3.05) is 0 Å². The zero-order valence-corrected chi connectivity index (χ0v) is 68.0. The van der Waals surface area contributed by atoms with Crippen LogP contribution in [0.5, 0.6) is 0 Å². The van der Waals surface area contributed by atoms with E-state index in [1.807, 2.05) is 0 Å². The summed E-state index contributed by atoms with van der Waals surface area (Å²) in [6.45, 7) is 11.1. The van der Waals surface area contributed by atoms with E-state index in [0.717, 1.165) is 95.5 Å². The van der Waals surface area contributed by atoms with E-state index in [1.165, 1.54) is 289 Å². The molecule has 0 amide bonds. The quantitative estimate of drug-likeness (QED) is 0.0153. The number of rotatable bonds is 65. The summed E-state index contributed by atoms with van der Waals surface area (Å²) < 4.78 is 81.6. The Morgan fingerprint density at radius 3 is 0.360 bits per heavy atom. The van der Waals surface area contributed by atoms with Crippen molar-refractivity contribution >= 4 is 46.9 Å². The molecule has 24 nitrogen and oxygen atoms in total. The Labute approximate surface area is 607 Å². The molecule has 0 aliphatic heterocycles. The van der Waals surface area contributed by atoms with Crippen molar-refractivity contribution in [1.82, 2.24) is 0 Å². The van der Waals surface area contributed by atoms with Gasteiger partial charge in [-0.05, 0) is 94.6 Å². The fourth-order valence-electron chi connectivity index (χ4n) is 9.70. The minimum atomic E-state index is -4.64. The van der Waals surface area contributed by atoms with Gasteiger partial charge < -0.3 is 37.3 Å². The smallest absolute Gasteiger partial charge is 0.413 e. The van der Waals surface area contributed by atoms with Crippen LogP contribution in [0.2, 0.25) is 0 Å². The fourth-order valence-corrected chi connectivity index (χ4v) is 10.9. The molecule has 0 aliphatic carbocycles. The fraction of sp³-hybridized carbons (Fsp3) is 0.857. The molecule has 0 saturated carbocycles. The first-order valence-corrected chi connectivity index (χ1v) is 47.2. The van der Waals surface area contributed by atoms with Crippen molar-refractivity contribution in [1.29, 1.82) is 0 Å². The first kappa shape index (κ1) is 109. The van der Waals surface area contributed by atoms with Gasteiger partial charge in [0.25, 0.3) is 0 Å². The van der Waals surface area contributed by atoms with Gasteiger partial charge in [-0.3, -0.25) is 48.9 Å². The molecule has 0 spiro atoms. The van der Waals surface area contributed by atoms with Gasteiger partial charge in [0.2, 0.25) is 0 Å². The zero-order chi connectivity index (χ0) is 76.5. The topological polar surface area (TPSA) is 412 Å². The number of hydrogen-bond acceptors (Lipinski definition) is 11. The average molecular weight is 1560 g/mol. The average Bonchev–Trinajstić information content (AvgIpc) is 1.96. The van der Waals surface area contributed by atoms with Crippen LogP contribution < -0.4 is 0 Å². The molecule has 30 heteroatoms. The summed E-state index contributed by atoms with van der Waals surface area (Å²) in [6, 6.07) is 0. The molecule has 0 bridgehead atoms. The number of phosphoric acid groups is 6. The van der Waals surface area contributed by atoms with Gasteiger partial charge >= 0.3 is 46.9 Å². The molecule has 0 atom stereocenters. The van der Waals surface area contributed by atoms with Crippen molar-refractivity contribution in [2.24, 2.45) is 0 Å². The maximum atomic E-state index is 10.4. The van der Waals surface area contributed by atoms with Gasteiger partial charge in [-0.25, -0.2) is 27.4 Å². The number of phosphoric ester groups is 5. The van der Waals surface area contributed by atoms with Gasteiger partial charge in [0, 0.05) is 0 Å². The van der Waals surface area contributed by atoms with Gasteiger partial charge in [-0.2, -0.15) is 0 Å². The summed E-state index contributed by atoms with van der Waals surface area (Å²) >= 11 is 0. The zero-order valence-electron chi connectivity index (χ0n) is 62.7. The molecule has 0 aliphatic rings. The van der Waals surface area contributed by atoms with E-state index in [9.17, 15) is 22.8 Å². The van der Waals surface area contributed by atoms with Crippen LogP contribution in [0, 0.1) is 0 Å². The van der Waals surface area contributed by atoms with Crippen LogP contribution >= 0.6 is 46.9 Å². The summed E-state index contributed by atoms with van der Waals surface area (Å²) in [6.07, 6.45) is 82.6. The first-order chi connectivity index (χ1) is 47.3. The molecule has 0 unspecified atom stereocenters. The highest BCUT2D eigenvalue weighted by Crippen LogP contribution is 2.39. The molecular formula is C70H148O24P6. The largest absolute Gasteiger partial charge is 0.524 e. The molecule has 100 heavy (non-hydrogen) atoms. The van der Waals surface area contributed by atoms with Gasteiger partial charge in [0.15, 0.2) is 0 Å². The second kappa shape index (κ2) is 83.2. The molecule has 0 aromatic rings. The third-order valence-electron chi connectivity index (χ3n) is 15.1. The minimum absolute atomic E-state index is 0.812. The third-order valence-corrected chi connectivity index (χ3v) is 17.1. The lowest BCUT2D eigenvalue weighted by molar-refractivity contribution is 0.256. The van der Waals surface area contributed by atoms with Crippen molar-refractivity contribution < 1.29 is 114 Å². The van der Waals surface area contributed by atoms with Crippen LogP contribution in [-0.2, 0) is 50.0 Å². The molecule has 0 fully saturated rings. The van der Waals surface area contributed by atoms with E-state index in [0.29, 0.717) is 0 Å². The molecule has 0 saturated heterocycles. The monoisotopic (exact) mass is 1560 g/mol. The van der Waals surface area contributed by atoms with Crippen molar-refractivity contribution in [3.63, 3.8) is 0 Å². The predicted octanol–water partition coefficient (Wildman–Crippen LogP) is 23.7. The van der Waals surface area contributed by atoms with Gasteiger partial charge in [-0.1, -0.05) is 324 Å². The Hall–Kier alpha value is -1.44. The molecule has 0 aromatic carbocycles. The molecule has 0 aromatic heterocycles. The molecule has 13 N–H and O–H groups in total. The normalized spacial score (nSPS) is 12.1. The summed E-state index contributed by atoms with van der Waals surface area (Å²) in [5.74, 6) is 0. The van der Waals surface area contributed by atoms with Crippen molar-refractivity contribution in [3.05, 3.63) is 61.7 Å². The highest BCUT2D eigenvalue weighted by Gasteiger charge is 2.14. The van der Waals surface area contributed by atoms with E-state index < -0.39 is 46.9 Å². The molecule has 0 radical (unpaired) electrons. The Bertz CT molecular complexity index is 2090. The lowest BCUT2D eigenvalue weighted by atomic mass is 10.0. The summed E-state index contributed by atoms with van der Waals surface area (Å²) in [4.78, 5) is 106. The lowest BCUT2D eigenvalue weighted by Crippen LogP contribution is -1.83. The molecule has 0 heterocycles. The predicted molar refractivity (Wildman–Crippen MR) is 408 cm³/mol. The summed E-state index contributed by atoms with van der Waals surface area (Å²) in [7, 11) is -26.3. The van der Waals surface area contributed by atoms with E-state index in [4.69, 9.17) is 68.2 Å². The Kier molecular flexibility index (Phi) is 91.1. The Morgan fingerprint density at radius 2 is 0.270 bits per heavy atom. The maximum Gasteiger partial charge on any atom is 0.524 e. The number of hydrogen-bond donors (Lipinski definition) is 13. The van der Waals surface area contributed by atoms with Crippen LogP contribution in [0.1, 0.15) is 388 Å².